The summed E-state index contributed by atoms with van der Waals surface area (Å²) in [4.78, 5) is 23.1. The number of methoxy groups -OCH3 is 1. The average molecular weight is 317 g/mol. The fraction of sp³-hybridized carbons (Fsp3) is 0.375. The summed E-state index contributed by atoms with van der Waals surface area (Å²) in [7, 11) is 1.35. The number of nitrogens with zero attached hydrogens (tertiary/aromatic N) is 3. The highest BCUT2D eigenvalue weighted by Gasteiger charge is 2.17. The quantitative estimate of drug-likeness (QED) is 0.755. The van der Waals surface area contributed by atoms with E-state index in [0.29, 0.717) is 18.6 Å². The fourth-order valence-electron chi connectivity index (χ4n) is 2.04. The largest absolute Gasteiger partial charge is 0.465 e. The molecule has 1 aromatic heterocycles. The number of ether oxygens (including phenoxy) is 2. The summed E-state index contributed by atoms with van der Waals surface area (Å²) in [6.45, 7) is 3.80. The molecule has 0 bridgehead atoms. The Balaban J connectivity index is 2.04. The summed E-state index contributed by atoms with van der Waals surface area (Å²) in [6.07, 6.45) is 2.27. The Morgan fingerprint density at radius 3 is 2.57 bits per heavy atom. The lowest BCUT2D eigenvalue weighted by atomic mass is 10.1. The number of hydrogen-bond donors (Lipinski definition) is 0. The van der Waals surface area contributed by atoms with Crippen molar-refractivity contribution in [1.29, 1.82) is 0 Å². The van der Waals surface area contributed by atoms with Crippen LogP contribution in [0.2, 0.25) is 0 Å². The normalized spacial score (nSPS) is 11.8. The highest BCUT2D eigenvalue weighted by Crippen LogP contribution is 2.12. The molecule has 0 radical (unpaired) electrons. The Kier molecular flexibility index (Phi) is 5.46. The van der Waals surface area contributed by atoms with Gasteiger partial charge in [0.05, 0.1) is 25.0 Å². The minimum absolute atomic E-state index is 0.331. The van der Waals surface area contributed by atoms with Crippen LogP contribution in [0.5, 0.6) is 0 Å². The first kappa shape index (κ1) is 16.7. The van der Waals surface area contributed by atoms with Crippen molar-refractivity contribution >= 4 is 11.9 Å². The van der Waals surface area contributed by atoms with Gasteiger partial charge in [0.15, 0.2) is 0 Å². The molecule has 0 saturated heterocycles. The zero-order valence-corrected chi connectivity index (χ0v) is 13.4. The molecule has 0 aliphatic rings. The van der Waals surface area contributed by atoms with Gasteiger partial charge in [-0.3, -0.25) is 0 Å². The molecule has 1 unspecified atom stereocenters. The molecular weight excluding hydrogens is 298 g/mol. The van der Waals surface area contributed by atoms with E-state index in [1.54, 1.807) is 32.2 Å². The summed E-state index contributed by atoms with van der Waals surface area (Å²) in [6, 6.07) is 6.55. The van der Waals surface area contributed by atoms with Crippen LogP contribution < -0.4 is 0 Å². The first-order valence-corrected chi connectivity index (χ1v) is 7.29. The van der Waals surface area contributed by atoms with Gasteiger partial charge in [-0.2, -0.15) is 0 Å². The third kappa shape index (κ3) is 4.15. The van der Waals surface area contributed by atoms with Gasteiger partial charge in [0.2, 0.25) is 0 Å². The summed E-state index contributed by atoms with van der Waals surface area (Å²) in [5.41, 5.74) is 2.20. The van der Waals surface area contributed by atoms with Crippen molar-refractivity contribution in [2.24, 2.45) is 0 Å². The van der Waals surface area contributed by atoms with Crippen LogP contribution in [-0.2, 0) is 20.7 Å². The van der Waals surface area contributed by atoms with Crippen LogP contribution in [0.1, 0.15) is 41.5 Å². The van der Waals surface area contributed by atoms with Gasteiger partial charge in [0, 0.05) is 12.6 Å². The SMILES string of the molecule is CCOC(=O)C(C)n1cc(Cc2ccc(C(=O)OC)cc2)nn1. The van der Waals surface area contributed by atoms with Crippen LogP contribution in [0.25, 0.3) is 0 Å². The standard InChI is InChI=1S/C16H19N3O4/c1-4-23-15(20)11(2)19-10-14(17-18-19)9-12-5-7-13(8-6-12)16(21)22-3/h5-8,10-11H,4,9H2,1-3H3. The van der Waals surface area contributed by atoms with Gasteiger partial charge in [-0.25, -0.2) is 14.3 Å². The molecule has 0 saturated carbocycles. The number of rotatable bonds is 6. The van der Waals surface area contributed by atoms with Crippen LogP contribution >= 0.6 is 0 Å². The zero-order chi connectivity index (χ0) is 16.8. The number of esters is 2. The molecule has 0 fully saturated rings. The van der Waals surface area contributed by atoms with Crippen LogP contribution in [0.3, 0.4) is 0 Å². The van der Waals surface area contributed by atoms with Crippen molar-refractivity contribution in [3.8, 4) is 0 Å². The number of aromatic nitrogens is 3. The second-order valence-corrected chi connectivity index (χ2v) is 4.98. The molecule has 1 heterocycles. The second kappa shape index (κ2) is 7.53. The van der Waals surface area contributed by atoms with Crippen molar-refractivity contribution in [2.45, 2.75) is 26.3 Å². The van der Waals surface area contributed by atoms with Gasteiger partial charge in [-0.05, 0) is 31.5 Å². The molecule has 0 aliphatic heterocycles. The van der Waals surface area contributed by atoms with Crippen molar-refractivity contribution in [3.63, 3.8) is 0 Å². The Bertz CT molecular complexity index is 679. The number of carbonyl (C=O) groups is 2. The number of hydrogen-bond acceptors (Lipinski definition) is 6. The minimum atomic E-state index is -0.516. The molecule has 2 rings (SSSR count). The van der Waals surface area contributed by atoms with Crippen molar-refractivity contribution in [1.82, 2.24) is 15.0 Å². The minimum Gasteiger partial charge on any atom is -0.465 e. The summed E-state index contributed by atoms with van der Waals surface area (Å²) < 4.78 is 11.1. The second-order valence-electron chi connectivity index (χ2n) is 4.98. The van der Waals surface area contributed by atoms with E-state index in [2.05, 4.69) is 15.0 Å². The number of carbonyl (C=O) groups excluding carboxylic acids is 2. The summed E-state index contributed by atoms with van der Waals surface area (Å²) >= 11 is 0. The van der Waals surface area contributed by atoms with Gasteiger partial charge in [0.1, 0.15) is 6.04 Å². The van der Waals surface area contributed by atoms with Gasteiger partial charge < -0.3 is 9.47 Å². The highest BCUT2D eigenvalue weighted by molar-refractivity contribution is 5.89. The third-order valence-corrected chi connectivity index (χ3v) is 3.34. The average Bonchev–Trinajstić information content (AvgIpc) is 3.02. The Labute approximate surface area is 134 Å². The molecule has 0 amide bonds. The molecule has 1 atom stereocenters. The fourth-order valence-corrected chi connectivity index (χ4v) is 2.04. The van der Waals surface area contributed by atoms with E-state index in [9.17, 15) is 9.59 Å². The van der Waals surface area contributed by atoms with Gasteiger partial charge in [-0.15, -0.1) is 5.10 Å². The predicted octanol–water partition coefficient (Wildman–Crippen LogP) is 1.78. The lowest BCUT2D eigenvalue weighted by Crippen LogP contribution is -2.19. The molecule has 122 valence electrons. The number of benzene rings is 1. The van der Waals surface area contributed by atoms with Crippen LogP contribution in [0.4, 0.5) is 0 Å². The maximum absolute atomic E-state index is 11.7. The maximum atomic E-state index is 11.7. The molecule has 23 heavy (non-hydrogen) atoms. The molecule has 1 aromatic carbocycles. The van der Waals surface area contributed by atoms with Gasteiger partial charge >= 0.3 is 11.9 Å². The summed E-state index contributed by atoms with van der Waals surface area (Å²) in [5.74, 6) is -0.711. The van der Waals surface area contributed by atoms with E-state index in [1.165, 1.54) is 11.8 Å². The van der Waals surface area contributed by atoms with E-state index >= 15 is 0 Å². The third-order valence-electron chi connectivity index (χ3n) is 3.34. The molecule has 0 N–H and O–H groups in total. The highest BCUT2D eigenvalue weighted by atomic mass is 16.5. The van der Waals surface area contributed by atoms with Crippen molar-refractivity contribution in [2.75, 3.05) is 13.7 Å². The van der Waals surface area contributed by atoms with Crippen LogP contribution in [-0.4, -0.2) is 40.6 Å². The van der Waals surface area contributed by atoms with Gasteiger partial charge in [-0.1, -0.05) is 17.3 Å². The van der Waals surface area contributed by atoms with Crippen LogP contribution in [0, 0.1) is 0 Å². The molecule has 7 nitrogen and oxygen atoms in total. The van der Waals surface area contributed by atoms with Crippen molar-refractivity contribution in [3.05, 3.63) is 47.3 Å². The summed E-state index contributed by atoms with van der Waals surface area (Å²) in [5, 5.41) is 8.03. The lowest BCUT2D eigenvalue weighted by Gasteiger charge is -2.09. The topological polar surface area (TPSA) is 83.3 Å². The predicted molar refractivity (Wildman–Crippen MR) is 82.0 cm³/mol. The van der Waals surface area contributed by atoms with Crippen LogP contribution in [0.15, 0.2) is 30.5 Å². The van der Waals surface area contributed by atoms with E-state index in [1.807, 2.05) is 12.1 Å². The Morgan fingerprint density at radius 1 is 1.26 bits per heavy atom. The molecular formula is C16H19N3O4. The molecule has 0 aliphatic carbocycles. The lowest BCUT2D eigenvalue weighted by molar-refractivity contribution is -0.146. The Hall–Kier alpha value is -2.70. The Morgan fingerprint density at radius 2 is 1.96 bits per heavy atom. The van der Waals surface area contributed by atoms with Gasteiger partial charge in [0.25, 0.3) is 0 Å². The first-order valence-electron chi connectivity index (χ1n) is 7.29. The smallest absolute Gasteiger partial charge is 0.337 e. The molecule has 2 aromatic rings. The first-order chi connectivity index (χ1) is 11.0. The van der Waals surface area contributed by atoms with Crippen molar-refractivity contribution < 1.29 is 19.1 Å². The van der Waals surface area contributed by atoms with E-state index in [-0.39, 0.29) is 11.9 Å². The monoisotopic (exact) mass is 317 g/mol. The molecule has 0 spiro atoms. The van der Waals surface area contributed by atoms with E-state index in [0.717, 1.165) is 11.3 Å². The van der Waals surface area contributed by atoms with E-state index in [4.69, 9.17) is 4.74 Å². The zero-order valence-electron chi connectivity index (χ0n) is 13.4. The van der Waals surface area contributed by atoms with E-state index < -0.39 is 6.04 Å². The molecule has 7 heteroatoms. The maximum Gasteiger partial charge on any atom is 0.337 e.